The fourth-order valence-electron chi connectivity index (χ4n) is 2.14. The predicted octanol–water partition coefficient (Wildman–Crippen LogP) is 0.838. The Morgan fingerprint density at radius 2 is 2.00 bits per heavy atom. The number of benzene rings is 1. The van der Waals surface area contributed by atoms with Crippen LogP contribution in [0.3, 0.4) is 0 Å². The number of hydrogen-bond acceptors (Lipinski definition) is 5. The number of hydrogen-bond donors (Lipinski definition) is 4. The van der Waals surface area contributed by atoms with Crippen LogP contribution in [0.4, 0.5) is 4.79 Å². The largest absolute Gasteiger partial charge is 0.480 e. The van der Waals surface area contributed by atoms with Crippen molar-refractivity contribution < 1.29 is 24.2 Å². The first-order valence-electron chi connectivity index (χ1n) is 7.98. The van der Waals surface area contributed by atoms with Crippen molar-refractivity contribution in [3.63, 3.8) is 0 Å². The smallest absolute Gasteiger partial charge is 0.407 e. The van der Waals surface area contributed by atoms with Crippen LogP contribution >= 0.6 is 0 Å². The zero-order valence-electron chi connectivity index (χ0n) is 14.0. The van der Waals surface area contributed by atoms with Gasteiger partial charge in [-0.05, 0) is 5.56 Å². The summed E-state index contributed by atoms with van der Waals surface area (Å²) in [6.07, 6.45) is 2.31. The highest BCUT2D eigenvalue weighted by atomic mass is 16.5. The highest BCUT2D eigenvalue weighted by Crippen LogP contribution is 2.01. The van der Waals surface area contributed by atoms with Gasteiger partial charge < -0.3 is 25.5 Å². The Morgan fingerprint density at radius 3 is 2.65 bits per heavy atom. The maximum Gasteiger partial charge on any atom is 0.407 e. The number of rotatable bonds is 9. The first-order valence-corrected chi connectivity index (χ1v) is 7.98. The minimum atomic E-state index is -1.15. The van der Waals surface area contributed by atoms with Crippen molar-refractivity contribution in [2.45, 2.75) is 25.5 Å². The summed E-state index contributed by atoms with van der Waals surface area (Å²) in [5, 5.41) is 14.0. The van der Waals surface area contributed by atoms with Gasteiger partial charge >= 0.3 is 12.1 Å². The van der Waals surface area contributed by atoms with Crippen LogP contribution in [0.1, 0.15) is 17.7 Å². The molecule has 2 rings (SSSR count). The lowest BCUT2D eigenvalue weighted by molar-refractivity contribution is -0.141. The SMILES string of the molecule is O=C(CCNC(=O)OCc1ccccc1)N[C@H](Cc1cnc[nH]1)C(=O)O. The number of alkyl carbamates (subject to hydrolysis) is 1. The lowest BCUT2D eigenvalue weighted by Crippen LogP contribution is -2.43. The highest BCUT2D eigenvalue weighted by molar-refractivity contribution is 5.84. The van der Waals surface area contributed by atoms with Gasteiger partial charge in [0.25, 0.3) is 0 Å². The number of H-pyrrole nitrogens is 1. The van der Waals surface area contributed by atoms with Gasteiger partial charge in [-0.15, -0.1) is 0 Å². The summed E-state index contributed by atoms with van der Waals surface area (Å²) < 4.78 is 5.01. The average Bonchev–Trinajstić information content (AvgIpc) is 3.13. The molecule has 4 N–H and O–H groups in total. The molecule has 2 aromatic rings. The standard InChI is InChI=1S/C17H20N4O5/c22-15(21-14(16(23)24)8-13-9-18-11-20-13)6-7-19-17(25)26-10-12-4-2-1-3-5-12/h1-5,9,11,14H,6-8,10H2,(H,18,20)(H,19,25)(H,21,22)(H,23,24)/t14-/m1/s1. The van der Waals surface area contributed by atoms with E-state index in [4.69, 9.17) is 4.74 Å². The fraction of sp³-hybridized carbons (Fsp3) is 0.294. The van der Waals surface area contributed by atoms with Crippen LogP contribution in [-0.4, -0.2) is 45.6 Å². The monoisotopic (exact) mass is 360 g/mol. The van der Waals surface area contributed by atoms with Crippen molar-refractivity contribution in [2.24, 2.45) is 0 Å². The number of aromatic nitrogens is 2. The van der Waals surface area contributed by atoms with Crippen molar-refractivity contribution in [1.29, 1.82) is 0 Å². The lowest BCUT2D eigenvalue weighted by Gasteiger charge is -2.14. The van der Waals surface area contributed by atoms with Crippen molar-refractivity contribution in [3.8, 4) is 0 Å². The van der Waals surface area contributed by atoms with E-state index in [1.807, 2.05) is 30.3 Å². The van der Waals surface area contributed by atoms with E-state index < -0.39 is 24.0 Å². The molecule has 0 bridgehead atoms. The molecule has 0 unspecified atom stereocenters. The van der Waals surface area contributed by atoms with Crippen LogP contribution in [0.2, 0.25) is 0 Å². The molecule has 26 heavy (non-hydrogen) atoms. The molecule has 9 nitrogen and oxygen atoms in total. The molecule has 138 valence electrons. The molecule has 1 heterocycles. The van der Waals surface area contributed by atoms with Gasteiger partial charge in [0.15, 0.2) is 0 Å². The third-order valence-corrected chi connectivity index (χ3v) is 3.45. The summed E-state index contributed by atoms with van der Waals surface area (Å²) in [7, 11) is 0. The average molecular weight is 360 g/mol. The Morgan fingerprint density at radius 1 is 1.23 bits per heavy atom. The minimum Gasteiger partial charge on any atom is -0.480 e. The van der Waals surface area contributed by atoms with Crippen LogP contribution < -0.4 is 10.6 Å². The van der Waals surface area contributed by atoms with E-state index in [9.17, 15) is 19.5 Å². The molecule has 2 amide bonds. The third kappa shape index (κ3) is 6.63. The highest BCUT2D eigenvalue weighted by Gasteiger charge is 2.20. The number of carbonyl (C=O) groups is 3. The summed E-state index contributed by atoms with van der Waals surface area (Å²) in [6, 6.07) is 8.11. The molecule has 0 spiro atoms. The number of aromatic amines is 1. The molecule has 0 fully saturated rings. The quantitative estimate of drug-likeness (QED) is 0.524. The van der Waals surface area contributed by atoms with Crippen LogP contribution in [-0.2, 0) is 27.4 Å². The predicted molar refractivity (Wildman–Crippen MR) is 91.1 cm³/mol. The van der Waals surface area contributed by atoms with E-state index in [0.717, 1.165) is 5.56 Å². The van der Waals surface area contributed by atoms with Crippen molar-refractivity contribution >= 4 is 18.0 Å². The molecule has 0 saturated carbocycles. The molecule has 9 heteroatoms. The zero-order valence-corrected chi connectivity index (χ0v) is 14.0. The number of amides is 2. The normalized spacial score (nSPS) is 11.4. The number of carbonyl (C=O) groups excluding carboxylic acids is 2. The Hall–Kier alpha value is -3.36. The van der Waals surface area contributed by atoms with Crippen LogP contribution in [0.5, 0.6) is 0 Å². The summed E-state index contributed by atoms with van der Waals surface area (Å²) >= 11 is 0. The first kappa shape index (κ1) is 19.0. The minimum absolute atomic E-state index is 0.0376. The molecule has 1 atom stereocenters. The van der Waals surface area contributed by atoms with E-state index in [0.29, 0.717) is 5.69 Å². The molecule has 0 aliphatic heterocycles. The topological polar surface area (TPSA) is 133 Å². The maximum atomic E-state index is 11.9. The molecule has 1 aromatic carbocycles. The second-order valence-electron chi connectivity index (χ2n) is 5.48. The summed E-state index contributed by atoms with van der Waals surface area (Å²) in [6.45, 7) is 0.167. The van der Waals surface area contributed by atoms with Gasteiger partial charge in [0.05, 0.1) is 6.33 Å². The van der Waals surface area contributed by atoms with E-state index in [2.05, 4.69) is 20.6 Å². The number of nitrogens with zero attached hydrogens (tertiary/aromatic N) is 1. The molecule has 0 aliphatic carbocycles. The number of carboxylic acids is 1. The molecule has 1 aromatic heterocycles. The number of nitrogens with one attached hydrogen (secondary N) is 3. The van der Waals surface area contributed by atoms with E-state index in [-0.39, 0.29) is 26.0 Å². The molecular weight excluding hydrogens is 340 g/mol. The van der Waals surface area contributed by atoms with E-state index in [1.54, 1.807) is 0 Å². The lowest BCUT2D eigenvalue weighted by atomic mass is 10.1. The van der Waals surface area contributed by atoms with Crippen molar-refractivity contribution in [3.05, 3.63) is 54.1 Å². The summed E-state index contributed by atoms with van der Waals surface area (Å²) in [4.78, 5) is 41.2. The molecular formula is C17H20N4O5. The van der Waals surface area contributed by atoms with E-state index >= 15 is 0 Å². The van der Waals surface area contributed by atoms with Crippen LogP contribution in [0.15, 0.2) is 42.9 Å². The summed E-state index contributed by atoms with van der Waals surface area (Å²) in [5.74, 6) is -1.64. The second kappa shape index (κ2) is 9.82. The Bertz CT molecular complexity index is 718. The van der Waals surface area contributed by atoms with Crippen LogP contribution in [0, 0.1) is 0 Å². The van der Waals surface area contributed by atoms with Gasteiger partial charge in [0.1, 0.15) is 12.6 Å². The van der Waals surface area contributed by atoms with Gasteiger partial charge in [-0.3, -0.25) is 4.79 Å². The Balaban J connectivity index is 1.66. The zero-order chi connectivity index (χ0) is 18.8. The fourth-order valence-corrected chi connectivity index (χ4v) is 2.14. The van der Waals surface area contributed by atoms with Crippen LogP contribution in [0.25, 0.3) is 0 Å². The summed E-state index contributed by atoms with van der Waals surface area (Å²) in [5.41, 5.74) is 1.45. The van der Waals surface area contributed by atoms with Gasteiger partial charge in [0, 0.05) is 31.3 Å². The molecule has 0 aliphatic rings. The maximum absolute atomic E-state index is 11.9. The number of carboxylic acid groups (broad SMARTS) is 1. The third-order valence-electron chi connectivity index (χ3n) is 3.45. The Kier molecular flexibility index (Phi) is 7.17. The van der Waals surface area contributed by atoms with E-state index in [1.165, 1.54) is 12.5 Å². The Labute approximate surface area is 149 Å². The molecule has 0 radical (unpaired) electrons. The van der Waals surface area contributed by atoms with Crippen molar-refractivity contribution in [1.82, 2.24) is 20.6 Å². The van der Waals surface area contributed by atoms with Gasteiger partial charge in [-0.25, -0.2) is 14.6 Å². The number of imidazole rings is 1. The van der Waals surface area contributed by atoms with Crippen molar-refractivity contribution in [2.75, 3.05) is 6.54 Å². The van der Waals surface area contributed by atoms with Gasteiger partial charge in [-0.1, -0.05) is 30.3 Å². The first-order chi connectivity index (χ1) is 12.5. The number of ether oxygens (including phenoxy) is 1. The molecule has 0 saturated heterocycles. The van der Waals surface area contributed by atoms with Gasteiger partial charge in [0.2, 0.25) is 5.91 Å². The number of aliphatic carboxylic acids is 1. The van der Waals surface area contributed by atoms with Gasteiger partial charge in [-0.2, -0.15) is 0 Å². The second-order valence-corrected chi connectivity index (χ2v) is 5.48.